The van der Waals surface area contributed by atoms with Crippen molar-refractivity contribution >= 4 is 0 Å². The first-order chi connectivity index (χ1) is 7.22. The first-order valence-corrected chi connectivity index (χ1v) is 4.17. The average Bonchev–Trinajstić information content (AvgIpc) is 2.69. The van der Waals surface area contributed by atoms with Gasteiger partial charge >= 0.3 is 0 Å². The molecule has 0 spiro atoms. The molecule has 0 saturated carbocycles. The number of aliphatic hydroxyl groups excluding tert-OH is 1. The molecule has 2 aromatic rings. The van der Waals surface area contributed by atoms with E-state index in [9.17, 15) is 8.78 Å². The van der Waals surface area contributed by atoms with Crippen LogP contribution >= 0.6 is 0 Å². The van der Waals surface area contributed by atoms with Crippen molar-refractivity contribution in [3.63, 3.8) is 0 Å². The lowest BCUT2D eigenvalue weighted by Gasteiger charge is -2.05. The van der Waals surface area contributed by atoms with E-state index >= 15 is 0 Å². The molecule has 0 aliphatic carbocycles. The van der Waals surface area contributed by atoms with Crippen LogP contribution in [0.4, 0.5) is 8.78 Å². The highest BCUT2D eigenvalue weighted by atomic mass is 19.1. The van der Waals surface area contributed by atoms with Crippen LogP contribution in [0.3, 0.4) is 0 Å². The molecule has 0 saturated heterocycles. The van der Waals surface area contributed by atoms with E-state index in [1.165, 1.54) is 10.9 Å². The predicted octanol–water partition coefficient (Wildman–Crippen LogP) is 1.04. The van der Waals surface area contributed by atoms with Gasteiger partial charge in [-0.15, -0.1) is 10.2 Å². The Balaban J connectivity index is 2.58. The van der Waals surface area contributed by atoms with Gasteiger partial charge in [-0.3, -0.25) is 4.57 Å². The summed E-state index contributed by atoms with van der Waals surface area (Å²) >= 11 is 0. The number of hydrogen-bond acceptors (Lipinski definition) is 3. The Labute approximate surface area is 83.8 Å². The first kappa shape index (κ1) is 9.72. The number of nitrogens with zero attached hydrogens (tertiary/aromatic N) is 3. The van der Waals surface area contributed by atoms with Crippen LogP contribution in [0.1, 0.15) is 5.82 Å². The lowest BCUT2D eigenvalue weighted by Crippen LogP contribution is -2.03. The Bertz CT molecular complexity index is 484. The normalized spacial score (nSPS) is 10.6. The second kappa shape index (κ2) is 3.74. The molecule has 1 aromatic carbocycles. The van der Waals surface area contributed by atoms with Crippen molar-refractivity contribution in [2.45, 2.75) is 6.61 Å². The van der Waals surface area contributed by atoms with E-state index in [1.807, 2.05) is 0 Å². The zero-order chi connectivity index (χ0) is 10.8. The van der Waals surface area contributed by atoms with Crippen molar-refractivity contribution in [2.75, 3.05) is 0 Å². The minimum Gasteiger partial charge on any atom is -0.388 e. The van der Waals surface area contributed by atoms with Crippen LogP contribution in [0, 0.1) is 11.6 Å². The summed E-state index contributed by atoms with van der Waals surface area (Å²) in [5.74, 6) is -1.02. The summed E-state index contributed by atoms with van der Waals surface area (Å²) in [7, 11) is 0. The summed E-state index contributed by atoms with van der Waals surface area (Å²) in [6.07, 6.45) is 1.21. The van der Waals surface area contributed by atoms with Gasteiger partial charge in [0.25, 0.3) is 0 Å². The first-order valence-electron chi connectivity index (χ1n) is 4.17. The fraction of sp³-hybridized carbons (Fsp3) is 0.111. The van der Waals surface area contributed by atoms with Crippen LogP contribution in [-0.4, -0.2) is 19.9 Å². The van der Waals surface area contributed by atoms with Gasteiger partial charge in [-0.05, 0) is 12.1 Å². The van der Waals surface area contributed by atoms with Gasteiger partial charge < -0.3 is 5.11 Å². The van der Waals surface area contributed by atoms with E-state index in [2.05, 4.69) is 10.2 Å². The topological polar surface area (TPSA) is 50.9 Å². The number of halogens is 2. The number of aliphatic hydroxyl groups is 1. The Morgan fingerprint density at radius 1 is 1.33 bits per heavy atom. The molecular weight excluding hydrogens is 204 g/mol. The Morgan fingerprint density at radius 3 is 2.87 bits per heavy atom. The van der Waals surface area contributed by atoms with Crippen molar-refractivity contribution in [1.82, 2.24) is 14.8 Å². The Kier molecular flexibility index (Phi) is 2.42. The molecule has 0 unspecified atom stereocenters. The van der Waals surface area contributed by atoms with E-state index in [-0.39, 0.29) is 11.5 Å². The molecule has 4 nitrogen and oxygen atoms in total. The van der Waals surface area contributed by atoms with Crippen LogP contribution in [0.5, 0.6) is 0 Å². The highest BCUT2D eigenvalue weighted by Crippen LogP contribution is 2.15. The molecule has 0 fully saturated rings. The van der Waals surface area contributed by atoms with Gasteiger partial charge in [0.05, 0.1) is 5.69 Å². The summed E-state index contributed by atoms with van der Waals surface area (Å²) < 4.78 is 27.4. The zero-order valence-corrected chi connectivity index (χ0v) is 7.56. The van der Waals surface area contributed by atoms with E-state index in [0.29, 0.717) is 0 Å². The molecule has 0 aliphatic heterocycles. The SMILES string of the molecule is OCc1nncn1-c1cc(F)ccc1F. The third kappa shape index (κ3) is 1.71. The minimum atomic E-state index is -0.606. The maximum absolute atomic E-state index is 13.3. The van der Waals surface area contributed by atoms with Gasteiger partial charge in [-0.25, -0.2) is 8.78 Å². The van der Waals surface area contributed by atoms with Crippen LogP contribution in [0.25, 0.3) is 5.69 Å². The number of benzene rings is 1. The number of rotatable bonds is 2. The third-order valence-corrected chi connectivity index (χ3v) is 1.93. The van der Waals surface area contributed by atoms with Gasteiger partial charge in [0.1, 0.15) is 24.6 Å². The molecule has 0 atom stereocenters. The molecule has 1 N–H and O–H groups in total. The van der Waals surface area contributed by atoms with E-state index in [1.54, 1.807) is 0 Å². The van der Waals surface area contributed by atoms with Gasteiger partial charge in [0, 0.05) is 6.07 Å². The van der Waals surface area contributed by atoms with Gasteiger partial charge in [0.2, 0.25) is 0 Å². The van der Waals surface area contributed by atoms with Crippen molar-refractivity contribution in [3.05, 3.63) is 42.0 Å². The minimum absolute atomic E-state index is 0.0240. The molecule has 15 heavy (non-hydrogen) atoms. The Hall–Kier alpha value is -1.82. The lowest BCUT2D eigenvalue weighted by molar-refractivity contribution is 0.268. The standard InChI is InChI=1S/C9H7F2N3O/c10-6-1-2-7(11)8(3-6)14-5-12-13-9(14)4-15/h1-3,5,15H,4H2. The molecule has 78 valence electrons. The summed E-state index contributed by atoms with van der Waals surface area (Å²) in [4.78, 5) is 0. The molecule has 1 aromatic heterocycles. The van der Waals surface area contributed by atoms with Crippen LogP contribution in [0.2, 0.25) is 0 Å². The lowest BCUT2D eigenvalue weighted by atomic mass is 10.3. The van der Waals surface area contributed by atoms with Crippen LogP contribution in [-0.2, 0) is 6.61 Å². The van der Waals surface area contributed by atoms with E-state index in [4.69, 9.17) is 5.11 Å². The fourth-order valence-electron chi connectivity index (χ4n) is 1.24. The summed E-state index contributed by atoms with van der Waals surface area (Å²) in [5.41, 5.74) is -0.0240. The molecule has 1 heterocycles. The van der Waals surface area contributed by atoms with Crippen LogP contribution in [0.15, 0.2) is 24.5 Å². The van der Waals surface area contributed by atoms with Gasteiger partial charge in [-0.1, -0.05) is 0 Å². The molecule has 0 aliphatic rings. The highest BCUT2D eigenvalue weighted by molar-refractivity contribution is 5.34. The van der Waals surface area contributed by atoms with Crippen LogP contribution < -0.4 is 0 Å². The van der Waals surface area contributed by atoms with Gasteiger partial charge in [-0.2, -0.15) is 0 Å². The Morgan fingerprint density at radius 2 is 2.13 bits per heavy atom. The van der Waals surface area contributed by atoms with E-state index in [0.717, 1.165) is 18.2 Å². The average molecular weight is 211 g/mol. The molecule has 2 rings (SSSR count). The quantitative estimate of drug-likeness (QED) is 0.807. The van der Waals surface area contributed by atoms with Crippen molar-refractivity contribution < 1.29 is 13.9 Å². The van der Waals surface area contributed by atoms with Gasteiger partial charge in [0.15, 0.2) is 5.82 Å². The number of aromatic nitrogens is 3. The highest BCUT2D eigenvalue weighted by Gasteiger charge is 2.10. The summed E-state index contributed by atoms with van der Waals surface area (Å²) in [6, 6.07) is 3.03. The fourth-order valence-corrected chi connectivity index (χ4v) is 1.24. The predicted molar refractivity (Wildman–Crippen MR) is 47.2 cm³/mol. The summed E-state index contributed by atoms with van der Waals surface area (Å²) in [5, 5.41) is 15.9. The molecule has 0 bridgehead atoms. The van der Waals surface area contributed by atoms with Crippen molar-refractivity contribution in [1.29, 1.82) is 0 Å². The van der Waals surface area contributed by atoms with Crippen molar-refractivity contribution in [2.24, 2.45) is 0 Å². The third-order valence-electron chi connectivity index (χ3n) is 1.93. The van der Waals surface area contributed by atoms with Crippen molar-refractivity contribution in [3.8, 4) is 5.69 Å². The molecular formula is C9H7F2N3O. The molecule has 6 heteroatoms. The second-order valence-corrected chi connectivity index (χ2v) is 2.87. The summed E-state index contributed by atoms with van der Waals surface area (Å²) in [6.45, 7) is -0.393. The molecule has 0 radical (unpaired) electrons. The monoisotopic (exact) mass is 211 g/mol. The van der Waals surface area contributed by atoms with E-state index < -0.39 is 18.2 Å². The maximum Gasteiger partial charge on any atom is 0.163 e. The smallest absolute Gasteiger partial charge is 0.163 e. The second-order valence-electron chi connectivity index (χ2n) is 2.87. The maximum atomic E-state index is 13.3. The number of hydrogen-bond donors (Lipinski definition) is 1. The largest absolute Gasteiger partial charge is 0.388 e. The molecule has 0 amide bonds. The zero-order valence-electron chi connectivity index (χ0n) is 7.56.